The average molecular weight is 286 g/mol. The smallest absolute Gasteiger partial charge is 0.332 e. The third kappa shape index (κ3) is 3.90. The van der Waals surface area contributed by atoms with E-state index >= 15 is 0 Å². The van der Waals surface area contributed by atoms with Crippen molar-refractivity contribution in [2.75, 3.05) is 6.61 Å². The van der Waals surface area contributed by atoms with Crippen LogP contribution in [-0.2, 0) is 0 Å². The largest absolute Gasteiger partial charge is 0.493 e. The first-order valence-electron chi connectivity index (χ1n) is 4.64. The van der Waals surface area contributed by atoms with Crippen molar-refractivity contribution >= 4 is 28.2 Å². The molecule has 0 aliphatic rings. The highest BCUT2D eigenvalue weighted by Gasteiger charge is 2.01. The highest BCUT2D eigenvalue weighted by atomic mass is 79.9. The predicted molar refractivity (Wildman–Crippen MR) is 65.6 cm³/mol. The van der Waals surface area contributed by atoms with Crippen molar-refractivity contribution in [1.82, 2.24) is 5.43 Å². The van der Waals surface area contributed by atoms with Gasteiger partial charge in [-0.1, -0.05) is 15.9 Å². The quantitative estimate of drug-likeness (QED) is 0.654. The number of nitrogens with one attached hydrogen (secondary N) is 1. The number of hydrogen-bond acceptors (Lipinski definition) is 3. The lowest BCUT2D eigenvalue weighted by Gasteiger charge is -2.06. The molecule has 0 heterocycles. The van der Waals surface area contributed by atoms with Crippen molar-refractivity contribution in [2.45, 2.75) is 6.92 Å². The molecule has 0 bridgehead atoms. The number of urea groups is 1. The molecule has 1 rings (SSSR count). The van der Waals surface area contributed by atoms with Crippen molar-refractivity contribution in [1.29, 1.82) is 0 Å². The van der Waals surface area contributed by atoms with Crippen LogP contribution in [0, 0.1) is 0 Å². The molecule has 0 fully saturated rings. The van der Waals surface area contributed by atoms with Crippen molar-refractivity contribution in [3.63, 3.8) is 0 Å². The van der Waals surface area contributed by atoms with Gasteiger partial charge in [-0.2, -0.15) is 5.10 Å². The first-order valence-corrected chi connectivity index (χ1v) is 5.43. The lowest BCUT2D eigenvalue weighted by atomic mass is 10.2. The minimum Gasteiger partial charge on any atom is -0.493 e. The van der Waals surface area contributed by atoms with Gasteiger partial charge in [-0.05, 0) is 25.1 Å². The number of hydrazone groups is 1. The van der Waals surface area contributed by atoms with Crippen LogP contribution in [0.1, 0.15) is 12.5 Å². The van der Waals surface area contributed by atoms with Crippen molar-refractivity contribution in [3.05, 3.63) is 28.2 Å². The van der Waals surface area contributed by atoms with E-state index in [0.717, 1.165) is 10.0 Å². The van der Waals surface area contributed by atoms with Crippen LogP contribution < -0.4 is 15.9 Å². The van der Waals surface area contributed by atoms with Crippen LogP contribution >= 0.6 is 15.9 Å². The molecule has 3 N–H and O–H groups in total. The van der Waals surface area contributed by atoms with E-state index in [1.807, 2.05) is 25.1 Å². The fourth-order valence-corrected chi connectivity index (χ4v) is 1.45. The summed E-state index contributed by atoms with van der Waals surface area (Å²) in [5.74, 6) is 0.695. The second kappa shape index (κ2) is 6.12. The Bertz CT molecular complexity index is 407. The number of carbonyl (C=O) groups excluding carboxylic acids is 1. The molecule has 0 spiro atoms. The second-order valence-electron chi connectivity index (χ2n) is 2.85. The number of halogens is 1. The molecule has 1 aromatic rings. The van der Waals surface area contributed by atoms with Gasteiger partial charge < -0.3 is 10.5 Å². The van der Waals surface area contributed by atoms with Gasteiger partial charge in [-0.25, -0.2) is 10.2 Å². The van der Waals surface area contributed by atoms with Crippen LogP contribution in [0.2, 0.25) is 0 Å². The number of benzene rings is 1. The minimum atomic E-state index is -0.704. The molecule has 16 heavy (non-hydrogen) atoms. The summed E-state index contributed by atoms with van der Waals surface area (Å²) in [5, 5.41) is 3.67. The lowest BCUT2D eigenvalue weighted by molar-refractivity contribution is 0.249. The maximum Gasteiger partial charge on any atom is 0.332 e. The normalized spacial score (nSPS) is 10.4. The van der Waals surface area contributed by atoms with E-state index in [1.165, 1.54) is 6.21 Å². The van der Waals surface area contributed by atoms with Crippen LogP contribution in [0.15, 0.2) is 27.8 Å². The number of amides is 2. The van der Waals surface area contributed by atoms with Gasteiger partial charge in [0.2, 0.25) is 0 Å². The standard InChI is InChI=1S/C10H12BrN3O2/c1-2-16-9-4-3-8(11)5-7(9)6-13-14-10(12)15/h3-6H,2H2,1H3,(H3,12,14,15). The average Bonchev–Trinajstić information content (AvgIpc) is 2.21. The molecule has 1 aromatic carbocycles. The Balaban J connectivity index is 2.86. The number of ether oxygens (including phenoxy) is 1. The van der Waals surface area contributed by atoms with Crippen molar-refractivity contribution in [3.8, 4) is 5.75 Å². The summed E-state index contributed by atoms with van der Waals surface area (Å²) in [5.41, 5.74) is 7.75. The predicted octanol–water partition coefficient (Wildman–Crippen LogP) is 1.85. The van der Waals surface area contributed by atoms with Crippen molar-refractivity contribution in [2.24, 2.45) is 10.8 Å². The molecule has 0 aliphatic carbocycles. The summed E-state index contributed by atoms with van der Waals surface area (Å²) in [6.45, 7) is 2.45. The van der Waals surface area contributed by atoms with Gasteiger partial charge in [0, 0.05) is 10.0 Å². The summed E-state index contributed by atoms with van der Waals surface area (Å²) in [6, 6.07) is 4.81. The number of hydrogen-bond donors (Lipinski definition) is 2. The van der Waals surface area contributed by atoms with E-state index in [0.29, 0.717) is 12.4 Å². The van der Waals surface area contributed by atoms with Gasteiger partial charge in [-0.15, -0.1) is 0 Å². The number of carbonyl (C=O) groups is 1. The fraction of sp³-hybridized carbons (Fsp3) is 0.200. The highest BCUT2D eigenvalue weighted by Crippen LogP contribution is 2.21. The Kier molecular flexibility index (Phi) is 4.78. The van der Waals surface area contributed by atoms with Crippen LogP contribution in [0.25, 0.3) is 0 Å². The molecule has 0 atom stereocenters. The van der Waals surface area contributed by atoms with Crippen LogP contribution in [0.3, 0.4) is 0 Å². The van der Waals surface area contributed by atoms with E-state index in [2.05, 4.69) is 26.5 Å². The Morgan fingerprint density at radius 1 is 1.69 bits per heavy atom. The summed E-state index contributed by atoms with van der Waals surface area (Å²) in [4.78, 5) is 10.4. The Hall–Kier alpha value is -1.56. The number of rotatable bonds is 4. The summed E-state index contributed by atoms with van der Waals surface area (Å²) in [7, 11) is 0. The first kappa shape index (κ1) is 12.5. The molecule has 6 heteroatoms. The molecule has 0 unspecified atom stereocenters. The van der Waals surface area contributed by atoms with E-state index < -0.39 is 6.03 Å². The van der Waals surface area contributed by atoms with Crippen molar-refractivity contribution < 1.29 is 9.53 Å². The Morgan fingerprint density at radius 2 is 2.44 bits per heavy atom. The topological polar surface area (TPSA) is 76.7 Å². The van der Waals surface area contributed by atoms with Gasteiger partial charge in [-0.3, -0.25) is 0 Å². The summed E-state index contributed by atoms with van der Waals surface area (Å²) >= 11 is 3.34. The molecule has 0 aromatic heterocycles. The van der Waals surface area contributed by atoms with Crippen LogP contribution in [0.4, 0.5) is 4.79 Å². The zero-order chi connectivity index (χ0) is 12.0. The molecule has 2 amide bonds. The van der Waals surface area contributed by atoms with E-state index in [1.54, 1.807) is 0 Å². The monoisotopic (exact) mass is 285 g/mol. The maximum atomic E-state index is 10.4. The van der Waals surface area contributed by atoms with Gasteiger partial charge in [0.15, 0.2) is 0 Å². The van der Waals surface area contributed by atoms with Gasteiger partial charge in [0.25, 0.3) is 0 Å². The lowest BCUT2D eigenvalue weighted by Crippen LogP contribution is -2.24. The van der Waals surface area contributed by atoms with Crippen LogP contribution in [-0.4, -0.2) is 18.9 Å². The van der Waals surface area contributed by atoms with Gasteiger partial charge in [0.05, 0.1) is 12.8 Å². The molecule has 0 saturated heterocycles. The molecule has 0 radical (unpaired) electrons. The second-order valence-corrected chi connectivity index (χ2v) is 3.77. The van der Waals surface area contributed by atoms with Gasteiger partial charge in [0.1, 0.15) is 5.75 Å². The van der Waals surface area contributed by atoms with Crippen LogP contribution in [0.5, 0.6) is 5.75 Å². The molecule has 86 valence electrons. The molecule has 5 nitrogen and oxygen atoms in total. The highest BCUT2D eigenvalue weighted by molar-refractivity contribution is 9.10. The first-order chi connectivity index (χ1) is 7.63. The number of nitrogens with two attached hydrogens (primary N) is 1. The number of nitrogens with zero attached hydrogens (tertiary/aromatic N) is 1. The third-order valence-electron chi connectivity index (χ3n) is 1.65. The molecular formula is C10H12BrN3O2. The molecule has 0 aliphatic heterocycles. The zero-order valence-corrected chi connectivity index (χ0v) is 10.3. The SMILES string of the molecule is CCOc1ccc(Br)cc1C=NNC(N)=O. The fourth-order valence-electron chi connectivity index (χ4n) is 1.07. The maximum absolute atomic E-state index is 10.4. The molecular weight excluding hydrogens is 274 g/mol. The summed E-state index contributed by atoms with van der Waals surface area (Å²) in [6.07, 6.45) is 1.47. The van der Waals surface area contributed by atoms with E-state index in [-0.39, 0.29) is 0 Å². The Morgan fingerprint density at radius 3 is 3.06 bits per heavy atom. The van der Waals surface area contributed by atoms with E-state index in [9.17, 15) is 4.79 Å². The number of primary amides is 1. The Labute approximate surface area is 102 Å². The minimum absolute atomic E-state index is 0.561. The summed E-state index contributed by atoms with van der Waals surface area (Å²) < 4.78 is 6.29. The van der Waals surface area contributed by atoms with Gasteiger partial charge >= 0.3 is 6.03 Å². The van der Waals surface area contributed by atoms with E-state index in [4.69, 9.17) is 10.5 Å². The molecule has 0 saturated carbocycles. The zero-order valence-electron chi connectivity index (χ0n) is 8.74. The third-order valence-corrected chi connectivity index (χ3v) is 2.14.